The molecule has 0 saturated carbocycles. The van der Waals surface area contributed by atoms with Gasteiger partial charge in [-0.3, -0.25) is 4.79 Å². The van der Waals surface area contributed by atoms with Crippen LogP contribution in [0.2, 0.25) is 0 Å². The van der Waals surface area contributed by atoms with Crippen molar-refractivity contribution in [1.29, 1.82) is 0 Å². The van der Waals surface area contributed by atoms with Crippen LogP contribution in [-0.4, -0.2) is 18.0 Å². The number of nitrogens with one attached hydrogen (secondary N) is 1. The van der Waals surface area contributed by atoms with Crippen molar-refractivity contribution in [2.24, 2.45) is 11.7 Å². The molecule has 0 aromatic carbocycles. The lowest BCUT2D eigenvalue weighted by Gasteiger charge is -2.24. The Kier molecular flexibility index (Phi) is 5.77. The van der Waals surface area contributed by atoms with Gasteiger partial charge < -0.3 is 11.1 Å². The number of nitrogens with two attached hydrogens (primary N) is 1. The summed E-state index contributed by atoms with van der Waals surface area (Å²) < 4.78 is 0. The third-order valence-electron chi connectivity index (χ3n) is 2.02. The molecule has 3 heteroatoms. The third-order valence-corrected chi connectivity index (χ3v) is 2.02. The van der Waals surface area contributed by atoms with Crippen LogP contribution in [0, 0.1) is 5.92 Å². The van der Waals surface area contributed by atoms with Gasteiger partial charge in [-0.1, -0.05) is 13.3 Å². The molecule has 0 spiro atoms. The molecule has 0 bridgehead atoms. The summed E-state index contributed by atoms with van der Waals surface area (Å²) in [6.45, 7) is 8.67. The van der Waals surface area contributed by atoms with Crippen LogP contribution in [0.3, 0.4) is 0 Å². The van der Waals surface area contributed by atoms with Crippen molar-refractivity contribution in [3.8, 4) is 0 Å². The molecule has 1 unspecified atom stereocenters. The summed E-state index contributed by atoms with van der Waals surface area (Å²) in [5.41, 5.74) is 5.34. The Hall–Kier alpha value is -0.570. The van der Waals surface area contributed by atoms with E-state index in [1.807, 2.05) is 20.8 Å². The minimum absolute atomic E-state index is 0.0872. The standard InChI is InChI=1S/C11H24N2O/c1-5-6-9(7-8-12)10(14)13-11(2,3)4/h9H,5-8,12H2,1-4H3,(H,13,14). The smallest absolute Gasteiger partial charge is 0.223 e. The summed E-state index contributed by atoms with van der Waals surface area (Å²) in [5, 5.41) is 2.99. The number of carbonyl (C=O) groups is 1. The first kappa shape index (κ1) is 13.4. The SMILES string of the molecule is CCCC(CCN)C(=O)NC(C)(C)C. The highest BCUT2D eigenvalue weighted by Crippen LogP contribution is 2.12. The maximum Gasteiger partial charge on any atom is 0.223 e. The van der Waals surface area contributed by atoms with Crippen molar-refractivity contribution in [3.63, 3.8) is 0 Å². The van der Waals surface area contributed by atoms with E-state index >= 15 is 0 Å². The second-order valence-corrected chi connectivity index (χ2v) is 4.80. The Bertz CT molecular complexity index is 167. The maximum absolute atomic E-state index is 11.8. The van der Waals surface area contributed by atoms with E-state index in [-0.39, 0.29) is 17.4 Å². The predicted molar refractivity (Wildman–Crippen MR) is 60.0 cm³/mol. The molecule has 0 aliphatic rings. The first-order valence-electron chi connectivity index (χ1n) is 5.42. The van der Waals surface area contributed by atoms with Crippen molar-refractivity contribution in [2.45, 2.75) is 52.5 Å². The number of carbonyl (C=O) groups excluding carboxylic acids is 1. The van der Waals surface area contributed by atoms with Crippen LogP contribution in [0.5, 0.6) is 0 Å². The Morgan fingerprint density at radius 3 is 2.29 bits per heavy atom. The van der Waals surface area contributed by atoms with E-state index in [0.29, 0.717) is 6.54 Å². The minimum Gasteiger partial charge on any atom is -0.351 e. The summed E-state index contributed by atoms with van der Waals surface area (Å²) in [6.07, 6.45) is 2.75. The largest absolute Gasteiger partial charge is 0.351 e. The Labute approximate surface area is 87.4 Å². The molecule has 14 heavy (non-hydrogen) atoms. The molecule has 3 N–H and O–H groups in total. The van der Waals surface area contributed by atoms with Gasteiger partial charge in [0.15, 0.2) is 0 Å². The summed E-state index contributed by atoms with van der Waals surface area (Å²) >= 11 is 0. The van der Waals surface area contributed by atoms with E-state index in [1.165, 1.54) is 0 Å². The monoisotopic (exact) mass is 200 g/mol. The number of hydrogen-bond donors (Lipinski definition) is 2. The van der Waals surface area contributed by atoms with Crippen molar-refractivity contribution in [1.82, 2.24) is 5.32 Å². The molecular formula is C11H24N2O. The zero-order valence-electron chi connectivity index (χ0n) is 9.89. The van der Waals surface area contributed by atoms with Gasteiger partial charge in [-0.15, -0.1) is 0 Å². The van der Waals surface area contributed by atoms with E-state index in [4.69, 9.17) is 5.73 Å². The van der Waals surface area contributed by atoms with Gasteiger partial charge >= 0.3 is 0 Å². The first-order chi connectivity index (χ1) is 6.40. The van der Waals surface area contributed by atoms with E-state index < -0.39 is 0 Å². The van der Waals surface area contributed by atoms with Gasteiger partial charge in [-0.2, -0.15) is 0 Å². The highest BCUT2D eigenvalue weighted by atomic mass is 16.2. The molecule has 1 atom stereocenters. The van der Waals surface area contributed by atoms with Crippen molar-refractivity contribution >= 4 is 5.91 Å². The highest BCUT2D eigenvalue weighted by molar-refractivity contribution is 5.79. The molecule has 0 aliphatic heterocycles. The average molecular weight is 200 g/mol. The molecule has 0 fully saturated rings. The highest BCUT2D eigenvalue weighted by Gasteiger charge is 2.21. The van der Waals surface area contributed by atoms with Gasteiger partial charge in [0.1, 0.15) is 0 Å². The topological polar surface area (TPSA) is 55.1 Å². The third kappa shape index (κ3) is 5.97. The lowest BCUT2D eigenvalue weighted by atomic mass is 9.97. The fourth-order valence-electron chi connectivity index (χ4n) is 1.43. The summed E-state index contributed by atoms with van der Waals surface area (Å²) in [5.74, 6) is 0.231. The summed E-state index contributed by atoms with van der Waals surface area (Å²) in [7, 11) is 0. The van der Waals surface area contributed by atoms with E-state index in [2.05, 4.69) is 12.2 Å². The van der Waals surface area contributed by atoms with Crippen LogP contribution in [0.1, 0.15) is 47.0 Å². The fourth-order valence-corrected chi connectivity index (χ4v) is 1.43. The zero-order chi connectivity index (χ0) is 11.2. The molecule has 0 radical (unpaired) electrons. The molecule has 0 aromatic heterocycles. The summed E-state index contributed by atoms with van der Waals surface area (Å²) in [6, 6.07) is 0. The van der Waals surface area contributed by atoms with Gasteiger partial charge in [0.05, 0.1) is 0 Å². The maximum atomic E-state index is 11.8. The number of rotatable bonds is 5. The quantitative estimate of drug-likeness (QED) is 0.709. The predicted octanol–water partition coefficient (Wildman–Crippen LogP) is 1.67. The Morgan fingerprint density at radius 1 is 1.36 bits per heavy atom. The lowest BCUT2D eigenvalue weighted by molar-refractivity contribution is -0.126. The molecular weight excluding hydrogens is 176 g/mol. The fraction of sp³-hybridized carbons (Fsp3) is 0.909. The van der Waals surface area contributed by atoms with Gasteiger partial charge in [0, 0.05) is 11.5 Å². The van der Waals surface area contributed by atoms with Gasteiger partial charge in [-0.05, 0) is 40.2 Å². The number of amides is 1. The van der Waals surface area contributed by atoms with E-state index in [9.17, 15) is 4.79 Å². The summed E-state index contributed by atoms with van der Waals surface area (Å²) in [4.78, 5) is 11.8. The van der Waals surface area contributed by atoms with Crippen LogP contribution in [0.15, 0.2) is 0 Å². The molecule has 0 aliphatic carbocycles. The molecule has 1 amide bonds. The van der Waals surface area contributed by atoms with Gasteiger partial charge in [0.2, 0.25) is 5.91 Å². The molecule has 0 saturated heterocycles. The minimum atomic E-state index is -0.141. The van der Waals surface area contributed by atoms with Crippen LogP contribution in [-0.2, 0) is 4.79 Å². The van der Waals surface area contributed by atoms with Gasteiger partial charge in [0.25, 0.3) is 0 Å². The Morgan fingerprint density at radius 2 is 1.93 bits per heavy atom. The van der Waals surface area contributed by atoms with Crippen LogP contribution >= 0.6 is 0 Å². The van der Waals surface area contributed by atoms with Crippen LogP contribution in [0.4, 0.5) is 0 Å². The lowest BCUT2D eigenvalue weighted by Crippen LogP contribution is -2.44. The second-order valence-electron chi connectivity index (χ2n) is 4.80. The van der Waals surface area contributed by atoms with E-state index in [1.54, 1.807) is 0 Å². The number of hydrogen-bond acceptors (Lipinski definition) is 2. The van der Waals surface area contributed by atoms with E-state index in [0.717, 1.165) is 19.3 Å². The zero-order valence-corrected chi connectivity index (χ0v) is 9.89. The van der Waals surface area contributed by atoms with Crippen molar-refractivity contribution in [2.75, 3.05) is 6.54 Å². The van der Waals surface area contributed by atoms with Crippen molar-refractivity contribution < 1.29 is 4.79 Å². The van der Waals surface area contributed by atoms with Crippen molar-refractivity contribution in [3.05, 3.63) is 0 Å². The van der Waals surface area contributed by atoms with Crippen LogP contribution < -0.4 is 11.1 Å². The molecule has 0 aromatic rings. The second kappa shape index (κ2) is 6.02. The Balaban J connectivity index is 4.14. The molecule has 3 nitrogen and oxygen atoms in total. The van der Waals surface area contributed by atoms with Crippen LogP contribution in [0.25, 0.3) is 0 Å². The normalized spacial score (nSPS) is 13.8. The first-order valence-corrected chi connectivity index (χ1v) is 5.42. The average Bonchev–Trinajstić information content (AvgIpc) is 2.01. The molecule has 0 rings (SSSR count). The molecule has 84 valence electrons. The van der Waals surface area contributed by atoms with Gasteiger partial charge in [-0.25, -0.2) is 0 Å². The molecule has 0 heterocycles.